The lowest BCUT2D eigenvalue weighted by atomic mass is 10.1. The predicted molar refractivity (Wildman–Crippen MR) is 118 cm³/mol. The fraction of sp³-hybridized carbons (Fsp3) is 0.130. The lowest BCUT2D eigenvalue weighted by molar-refractivity contribution is -0.119. The van der Waals surface area contributed by atoms with Crippen molar-refractivity contribution in [1.29, 1.82) is 0 Å². The van der Waals surface area contributed by atoms with Gasteiger partial charge in [-0.15, -0.1) is 11.8 Å². The van der Waals surface area contributed by atoms with Crippen molar-refractivity contribution in [2.75, 3.05) is 11.5 Å². The fourth-order valence-electron chi connectivity index (χ4n) is 3.15. The molecule has 5 nitrogen and oxygen atoms in total. The summed E-state index contributed by atoms with van der Waals surface area (Å²) in [5.41, 5.74) is 1.50. The zero-order valence-corrected chi connectivity index (χ0v) is 17.7. The molecule has 152 valence electrons. The van der Waals surface area contributed by atoms with Gasteiger partial charge in [-0.05, 0) is 61.0 Å². The summed E-state index contributed by atoms with van der Waals surface area (Å²) in [4.78, 5) is 28.2. The van der Waals surface area contributed by atoms with Crippen LogP contribution in [0.5, 0.6) is 5.75 Å². The second-order valence-electron chi connectivity index (χ2n) is 6.45. The molecule has 0 radical (unpaired) electrons. The van der Waals surface area contributed by atoms with Crippen LogP contribution in [-0.4, -0.2) is 18.4 Å². The SMILES string of the molecule is CCOc1ccc(N2C(=O)C(SCc3ccco3)=C(c3ccc(Cl)cc3)C2=O)cc1. The highest BCUT2D eigenvalue weighted by Crippen LogP contribution is 2.40. The molecule has 1 aliphatic rings. The molecule has 1 aromatic heterocycles. The number of hydrogen-bond acceptors (Lipinski definition) is 5. The van der Waals surface area contributed by atoms with E-state index in [1.165, 1.54) is 16.7 Å². The molecular formula is C23H18ClNO4S. The van der Waals surface area contributed by atoms with Crippen molar-refractivity contribution in [2.24, 2.45) is 0 Å². The van der Waals surface area contributed by atoms with E-state index in [4.69, 9.17) is 20.8 Å². The third kappa shape index (κ3) is 4.01. The van der Waals surface area contributed by atoms with E-state index in [-0.39, 0.29) is 11.8 Å². The Balaban J connectivity index is 1.70. The molecule has 0 saturated heterocycles. The summed E-state index contributed by atoms with van der Waals surface area (Å²) in [6, 6.07) is 17.4. The summed E-state index contributed by atoms with van der Waals surface area (Å²) in [5.74, 6) is 1.12. The number of imide groups is 1. The van der Waals surface area contributed by atoms with Crippen LogP contribution in [0.15, 0.2) is 76.2 Å². The molecule has 1 aliphatic heterocycles. The molecule has 0 fully saturated rings. The Morgan fingerprint density at radius 2 is 1.73 bits per heavy atom. The zero-order valence-electron chi connectivity index (χ0n) is 16.1. The van der Waals surface area contributed by atoms with E-state index in [0.717, 1.165) is 5.76 Å². The number of hydrogen-bond donors (Lipinski definition) is 0. The molecule has 0 bridgehead atoms. The fourth-order valence-corrected chi connectivity index (χ4v) is 4.29. The second kappa shape index (κ2) is 8.81. The van der Waals surface area contributed by atoms with E-state index in [1.807, 2.05) is 13.0 Å². The van der Waals surface area contributed by atoms with Gasteiger partial charge in [-0.25, -0.2) is 4.90 Å². The topological polar surface area (TPSA) is 59.8 Å². The zero-order chi connectivity index (χ0) is 21.1. The molecule has 0 saturated carbocycles. The van der Waals surface area contributed by atoms with Gasteiger partial charge in [0.25, 0.3) is 11.8 Å². The summed E-state index contributed by atoms with van der Waals surface area (Å²) in [5, 5.41) is 0.560. The monoisotopic (exact) mass is 439 g/mol. The number of ether oxygens (including phenoxy) is 1. The molecule has 2 heterocycles. The molecule has 0 aliphatic carbocycles. The molecule has 4 rings (SSSR count). The largest absolute Gasteiger partial charge is 0.494 e. The highest BCUT2D eigenvalue weighted by atomic mass is 35.5. The summed E-state index contributed by atoms with van der Waals surface area (Å²) < 4.78 is 10.8. The normalized spacial score (nSPS) is 14.0. The maximum Gasteiger partial charge on any atom is 0.272 e. The van der Waals surface area contributed by atoms with E-state index >= 15 is 0 Å². The molecule has 2 amide bonds. The minimum absolute atomic E-state index is 0.356. The van der Waals surface area contributed by atoms with Crippen molar-refractivity contribution in [1.82, 2.24) is 0 Å². The first kappa shape index (κ1) is 20.3. The van der Waals surface area contributed by atoms with Crippen LogP contribution in [-0.2, 0) is 15.3 Å². The molecule has 3 aromatic rings. The van der Waals surface area contributed by atoms with Crippen molar-refractivity contribution in [3.63, 3.8) is 0 Å². The summed E-state index contributed by atoms with van der Waals surface area (Å²) in [6.45, 7) is 2.43. The quantitative estimate of drug-likeness (QED) is 0.452. The number of thioether (sulfide) groups is 1. The lowest BCUT2D eigenvalue weighted by Gasteiger charge is -2.16. The minimum Gasteiger partial charge on any atom is -0.494 e. The maximum atomic E-state index is 13.3. The number of amides is 2. The number of furan rings is 1. The van der Waals surface area contributed by atoms with Crippen molar-refractivity contribution >= 4 is 46.4 Å². The van der Waals surface area contributed by atoms with Gasteiger partial charge in [0.15, 0.2) is 0 Å². The lowest BCUT2D eigenvalue weighted by Crippen LogP contribution is -2.31. The summed E-state index contributed by atoms with van der Waals surface area (Å²) in [6.07, 6.45) is 1.58. The Kier molecular flexibility index (Phi) is 5.97. The molecule has 7 heteroatoms. The van der Waals surface area contributed by atoms with Crippen molar-refractivity contribution in [3.05, 3.63) is 88.2 Å². The van der Waals surface area contributed by atoms with Crippen LogP contribution in [0.2, 0.25) is 5.02 Å². The smallest absolute Gasteiger partial charge is 0.272 e. The third-order valence-corrected chi connectivity index (χ3v) is 5.87. The van der Waals surface area contributed by atoms with Crippen LogP contribution in [0, 0.1) is 0 Å². The van der Waals surface area contributed by atoms with Crippen LogP contribution < -0.4 is 9.64 Å². The van der Waals surface area contributed by atoms with E-state index in [9.17, 15) is 9.59 Å². The highest BCUT2D eigenvalue weighted by Gasteiger charge is 2.40. The van der Waals surface area contributed by atoms with Crippen molar-refractivity contribution in [2.45, 2.75) is 12.7 Å². The Hall–Kier alpha value is -2.96. The second-order valence-corrected chi connectivity index (χ2v) is 7.87. The molecule has 0 spiro atoms. The number of halogens is 1. The van der Waals surface area contributed by atoms with E-state index in [0.29, 0.717) is 44.9 Å². The van der Waals surface area contributed by atoms with Gasteiger partial charge < -0.3 is 9.15 Å². The Bertz CT molecular complexity index is 1090. The first-order chi connectivity index (χ1) is 14.6. The van der Waals surface area contributed by atoms with Gasteiger partial charge in [-0.1, -0.05) is 23.7 Å². The Morgan fingerprint density at radius 3 is 2.37 bits per heavy atom. The third-order valence-electron chi connectivity index (χ3n) is 4.52. The standard InChI is InChI=1S/C23H18ClNO4S/c1-2-28-18-11-9-17(10-12-18)25-22(26)20(15-5-7-16(24)8-6-15)21(23(25)27)30-14-19-4-3-13-29-19/h3-13H,2,14H2,1H3. The average molecular weight is 440 g/mol. The van der Waals surface area contributed by atoms with Crippen LogP contribution in [0.3, 0.4) is 0 Å². The van der Waals surface area contributed by atoms with Gasteiger partial charge in [-0.2, -0.15) is 0 Å². The van der Waals surface area contributed by atoms with Gasteiger partial charge in [0.05, 0.1) is 34.8 Å². The van der Waals surface area contributed by atoms with Crippen molar-refractivity contribution in [3.8, 4) is 5.75 Å². The van der Waals surface area contributed by atoms with Gasteiger partial charge in [0.2, 0.25) is 0 Å². The van der Waals surface area contributed by atoms with E-state index < -0.39 is 0 Å². The summed E-state index contributed by atoms with van der Waals surface area (Å²) >= 11 is 7.29. The van der Waals surface area contributed by atoms with Gasteiger partial charge in [-0.3, -0.25) is 9.59 Å². The predicted octanol–water partition coefficient (Wildman–Crippen LogP) is 5.55. The van der Waals surface area contributed by atoms with Crippen LogP contribution in [0.25, 0.3) is 5.57 Å². The van der Waals surface area contributed by atoms with Crippen LogP contribution >= 0.6 is 23.4 Å². The summed E-state index contributed by atoms with van der Waals surface area (Å²) in [7, 11) is 0. The van der Waals surface area contributed by atoms with Crippen molar-refractivity contribution < 1.29 is 18.7 Å². The van der Waals surface area contributed by atoms with E-state index in [1.54, 1.807) is 60.9 Å². The number of anilines is 1. The first-order valence-corrected chi connectivity index (χ1v) is 10.7. The maximum absolute atomic E-state index is 13.3. The van der Waals surface area contributed by atoms with Crippen LogP contribution in [0.4, 0.5) is 5.69 Å². The van der Waals surface area contributed by atoms with Gasteiger partial charge in [0.1, 0.15) is 11.5 Å². The number of rotatable bonds is 7. The molecule has 0 unspecified atom stereocenters. The number of nitrogens with zero attached hydrogens (tertiary/aromatic N) is 1. The average Bonchev–Trinajstić information content (AvgIpc) is 3.35. The minimum atomic E-state index is -0.367. The first-order valence-electron chi connectivity index (χ1n) is 9.35. The van der Waals surface area contributed by atoms with Gasteiger partial charge >= 0.3 is 0 Å². The van der Waals surface area contributed by atoms with E-state index in [2.05, 4.69) is 0 Å². The molecule has 30 heavy (non-hydrogen) atoms. The molecule has 0 atom stereocenters. The number of carbonyl (C=O) groups is 2. The number of benzene rings is 2. The van der Waals surface area contributed by atoms with Crippen LogP contribution in [0.1, 0.15) is 18.2 Å². The van der Waals surface area contributed by atoms with Gasteiger partial charge in [0, 0.05) is 5.02 Å². The molecule has 0 N–H and O–H groups in total. The molecule has 2 aromatic carbocycles. The molecular weight excluding hydrogens is 422 g/mol. The Morgan fingerprint density at radius 1 is 1.00 bits per heavy atom. The number of carbonyl (C=O) groups excluding carboxylic acids is 2. The highest BCUT2D eigenvalue weighted by molar-refractivity contribution is 8.03. The Labute approximate surface area is 183 Å².